The number of carbonyl (C=O) groups is 2. The van der Waals surface area contributed by atoms with Crippen LogP contribution in [-0.2, 0) is 19.1 Å². The first-order chi connectivity index (χ1) is 15.2. The zero-order valence-electron chi connectivity index (χ0n) is 20.7. The van der Waals surface area contributed by atoms with Crippen molar-refractivity contribution in [1.82, 2.24) is 0 Å². The van der Waals surface area contributed by atoms with Crippen molar-refractivity contribution in [3.05, 3.63) is 0 Å². The fourth-order valence-corrected chi connectivity index (χ4v) is 4.55. The van der Waals surface area contributed by atoms with Gasteiger partial charge < -0.3 is 9.47 Å². The maximum absolute atomic E-state index is 12.8. The summed E-state index contributed by atoms with van der Waals surface area (Å²) in [4.78, 5) is 25.5. The lowest BCUT2D eigenvalue weighted by atomic mass is 9.86. The van der Waals surface area contributed by atoms with E-state index in [0.29, 0.717) is 26.1 Å². The normalized spacial score (nSPS) is 15.2. The molecule has 1 aliphatic rings. The highest BCUT2D eigenvalue weighted by Gasteiger charge is 2.50. The molecule has 1 rings (SSSR count). The maximum Gasteiger partial charge on any atom is 0.323 e. The molecule has 0 bridgehead atoms. The van der Waals surface area contributed by atoms with Gasteiger partial charge in [-0.2, -0.15) is 0 Å². The van der Waals surface area contributed by atoms with Crippen molar-refractivity contribution < 1.29 is 19.1 Å². The molecule has 0 aliphatic heterocycles. The Morgan fingerprint density at radius 1 is 0.548 bits per heavy atom. The van der Waals surface area contributed by atoms with Gasteiger partial charge in [-0.1, -0.05) is 117 Å². The first-order valence-electron chi connectivity index (χ1n) is 13.5. The van der Waals surface area contributed by atoms with Crippen LogP contribution in [0.3, 0.4) is 0 Å². The van der Waals surface area contributed by atoms with Crippen LogP contribution in [-0.4, -0.2) is 25.2 Å². The van der Waals surface area contributed by atoms with Crippen LogP contribution in [0.1, 0.15) is 142 Å². The Kier molecular flexibility index (Phi) is 16.7. The highest BCUT2D eigenvalue weighted by Crippen LogP contribution is 2.40. The summed E-state index contributed by atoms with van der Waals surface area (Å²) < 4.78 is 11.1. The Balaban J connectivity index is 2.18. The zero-order valence-corrected chi connectivity index (χ0v) is 20.7. The molecule has 0 amide bonds. The van der Waals surface area contributed by atoms with Crippen molar-refractivity contribution in [3.63, 3.8) is 0 Å². The van der Waals surface area contributed by atoms with E-state index in [1.807, 2.05) is 0 Å². The Morgan fingerprint density at radius 2 is 0.871 bits per heavy atom. The number of esters is 2. The van der Waals surface area contributed by atoms with E-state index in [0.717, 1.165) is 38.5 Å². The lowest BCUT2D eigenvalue weighted by Crippen LogP contribution is -2.40. The summed E-state index contributed by atoms with van der Waals surface area (Å²) in [6.07, 6.45) is 22.4. The summed E-state index contributed by atoms with van der Waals surface area (Å²) in [5, 5.41) is 0. The molecular weight excluding hydrogens is 388 g/mol. The summed E-state index contributed by atoms with van der Waals surface area (Å²) in [5.41, 5.74) is -1.03. The smallest absolute Gasteiger partial charge is 0.323 e. The van der Waals surface area contributed by atoms with Crippen LogP contribution in [0.2, 0.25) is 0 Å². The Labute approximate surface area is 192 Å². The summed E-state index contributed by atoms with van der Waals surface area (Å²) in [5.74, 6) is -0.678. The van der Waals surface area contributed by atoms with E-state index in [1.165, 1.54) is 77.0 Å². The third-order valence-electron chi connectivity index (χ3n) is 6.70. The van der Waals surface area contributed by atoms with Crippen LogP contribution < -0.4 is 0 Å². The topological polar surface area (TPSA) is 52.6 Å². The number of carbonyl (C=O) groups excluding carboxylic acids is 2. The number of hydrogen-bond donors (Lipinski definition) is 0. The van der Waals surface area contributed by atoms with E-state index in [4.69, 9.17) is 9.47 Å². The standard InChI is InChI=1S/C27H50O4/c1-3-5-7-9-11-13-15-19-23-30-25(28)27(21-17-18-22-27)26(29)31-24-20-16-14-12-10-8-6-4-2/h3-24H2,1-2H3. The van der Waals surface area contributed by atoms with Crippen LogP contribution in [0.25, 0.3) is 0 Å². The van der Waals surface area contributed by atoms with E-state index in [2.05, 4.69) is 13.8 Å². The van der Waals surface area contributed by atoms with Crippen molar-refractivity contribution in [2.45, 2.75) is 142 Å². The van der Waals surface area contributed by atoms with Crippen molar-refractivity contribution in [2.75, 3.05) is 13.2 Å². The number of unbranched alkanes of at least 4 members (excludes halogenated alkanes) is 14. The maximum atomic E-state index is 12.8. The lowest BCUT2D eigenvalue weighted by Gasteiger charge is -2.24. The van der Waals surface area contributed by atoms with Crippen LogP contribution in [0.5, 0.6) is 0 Å². The summed E-state index contributed by atoms with van der Waals surface area (Å²) >= 11 is 0. The predicted molar refractivity (Wildman–Crippen MR) is 128 cm³/mol. The molecule has 1 saturated carbocycles. The average molecular weight is 439 g/mol. The fourth-order valence-electron chi connectivity index (χ4n) is 4.55. The van der Waals surface area contributed by atoms with Crippen molar-refractivity contribution >= 4 is 11.9 Å². The number of hydrogen-bond acceptors (Lipinski definition) is 4. The molecule has 0 aromatic rings. The highest BCUT2D eigenvalue weighted by atomic mass is 16.6. The molecule has 0 aromatic heterocycles. The van der Waals surface area contributed by atoms with Gasteiger partial charge >= 0.3 is 11.9 Å². The largest absolute Gasteiger partial charge is 0.465 e. The van der Waals surface area contributed by atoms with Gasteiger partial charge in [0.05, 0.1) is 13.2 Å². The quantitative estimate of drug-likeness (QED) is 0.110. The molecule has 0 unspecified atom stereocenters. The van der Waals surface area contributed by atoms with E-state index in [1.54, 1.807) is 0 Å². The van der Waals surface area contributed by atoms with Crippen LogP contribution in [0, 0.1) is 5.41 Å². The molecule has 4 nitrogen and oxygen atoms in total. The van der Waals surface area contributed by atoms with Gasteiger partial charge in [-0.05, 0) is 25.7 Å². The molecule has 0 saturated heterocycles. The van der Waals surface area contributed by atoms with E-state index >= 15 is 0 Å². The first kappa shape index (κ1) is 28.0. The molecule has 0 spiro atoms. The SMILES string of the molecule is CCCCCCCCCCOC(=O)C1(C(=O)OCCCCCCCCCC)CCCC1. The van der Waals surface area contributed by atoms with Gasteiger partial charge in [-0.25, -0.2) is 0 Å². The van der Waals surface area contributed by atoms with Gasteiger partial charge in [-0.15, -0.1) is 0 Å². The van der Waals surface area contributed by atoms with Gasteiger partial charge in [0.25, 0.3) is 0 Å². The number of ether oxygens (including phenoxy) is 2. The lowest BCUT2D eigenvalue weighted by molar-refractivity contribution is -0.172. The second kappa shape index (κ2) is 18.5. The average Bonchev–Trinajstić information content (AvgIpc) is 3.28. The Hall–Kier alpha value is -1.06. The Morgan fingerprint density at radius 3 is 1.23 bits per heavy atom. The molecule has 1 aliphatic carbocycles. The van der Waals surface area contributed by atoms with Crippen LogP contribution in [0.15, 0.2) is 0 Å². The van der Waals surface area contributed by atoms with Crippen molar-refractivity contribution in [1.29, 1.82) is 0 Å². The number of rotatable bonds is 20. The second-order valence-corrected chi connectivity index (χ2v) is 9.51. The Bertz CT molecular complexity index is 418. The van der Waals surface area contributed by atoms with Crippen molar-refractivity contribution in [2.24, 2.45) is 5.41 Å². The third kappa shape index (κ3) is 11.9. The highest BCUT2D eigenvalue weighted by molar-refractivity contribution is 6.00. The zero-order chi connectivity index (χ0) is 22.6. The summed E-state index contributed by atoms with van der Waals surface area (Å²) in [7, 11) is 0. The molecular formula is C27H50O4. The molecule has 0 radical (unpaired) electrons. The minimum atomic E-state index is -1.03. The first-order valence-corrected chi connectivity index (χ1v) is 13.5. The van der Waals surface area contributed by atoms with Gasteiger partial charge in [0.15, 0.2) is 5.41 Å². The molecule has 4 heteroatoms. The third-order valence-corrected chi connectivity index (χ3v) is 6.70. The molecule has 0 N–H and O–H groups in total. The monoisotopic (exact) mass is 438 g/mol. The van der Waals surface area contributed by atoms with Gasteiger partial charge in [-0.3, -0.25) is 9.59 Å². The summed E-state index contributed by atoms with van der Waals surface area (Å²) in [6, 6.07) is 0. The fraction of sp³-hybridized carbons (Fsp3) is 0.926. The van der Waals surface area contributed by atoms with Crippen molar-refractivity contribution in [3.8, 4) is 0 Å². The van der Waals surface area contributed by atoms with E-state index < -0.39 is 5.41 Å². The summed E-state index contributed by atoms with van der Waals surface area (Å²) in [6.45, 7) is 5.33. The molecule has 31 heavy (non-hydrogen) atoms. The second-order valence-electron chi connectivity index (χ2n) is 9.51. The van der Waals surface area contributed by atoms with Gasteiger partial charge in [0, 0.05) is 0 Å². The van der Waals surface area contributed by atoms with E-state index in [9.17, 15) is 9.59 Å². The molecule has 0 aromatic carbocycles. The van der Waals surface area contributed by atoms with Gasteiger partial charge in [0.2, 0.25) is 0 Å². The van der Waals surface area contributed by atoms with E-state index in [-0.39, 0.29) is 11.9 Å². The van der Waals surface area contributed by atoms with Crippen LogP contribution in [0.4, 0.5) is 0 Å². The molecule has 182 valence electrons. The molecule has 1 fully saturated rings. The predicted octanol–water partition coefficient (Wildman–Crippen LogP) is 7.91. The van der Waals surface area contributed by atoms with Gasteiger partial charge in [0.1, 0.15) is 0 Å². The molecule has 0 heterocycles. The molecule has 0 atom stereocenters. The van der Waals surface area contributed by atoms with Crippen LogP contribution >= 0.6 is 0 Å². The minimum Gasteiger partial charge on any atom is -0.465 e. The minimum absolute atomic E-state index is 0.339.